The lowest BCUT2D eigenvalue weighted by atomic mass is 9.86. The summed E-state index contributed by atoms with van der Waals surface area (Å²) in [6, 6.07) is 5.55. The normalized spacial score (nSPS) is 20.5. The fourth-order valence-corrected chi connectivity index (χ4v) is 3.13. The van der Waals surface area contributed by atoms with Gasteiger partial charge in [-0.25, -0.2) is 9.67 Å². The van der Waals surface area contributed by atoms with Crippen molar-refractivity contribution in [3.63, 3.8) is 0 Å². The van der Waals surface area contributed by atoms with E-state index >= 15 is 0 Å². The molecule has 1 fully saturated rings. The van der Waals surface area contributed by atoms with Crippen molar-refractivity contribution in [2.45, 2.75) is 38.6 Å². The fourth-order valence-electron chi connectivity index (χ4n) is 3.13. The summed E-state index contributed by atoms with van der Waals surface area (Å²) in [5.41, 5.74) is 2.34. The highest BCUT2D eigenvalue weighted by atomic mass is 16.4. The molecule has 3 rings (SSSR count). The molecule has 0 atom stereocenters. The van der Waals surface area contributed by atoms with Gasteiger partial charge in [-0.1, -0.05) is 0 Å². The van der Waals surface area contributed by atoms with Crippen molar-refractivity contribution in [3.8, 4) is 5.69 Å². The number of rotatable bonds is 4. The van der Waals surface area contributed by atoms with E-state index in [4.69, 9.17) is 5.11 Å². The number of carbonyl (C=O) groups excluding carboxylic acids is 1. The van der Waals surface area contributed by atoms with E-state index < -0.39 is 5.97 Å². The third kappa shape index (κ3) is 3.45. The number of amides is 1. The number of carboxylic acid groups (broad SMARTS) is 1. The summed E-state index contributed by atoms with van der Waals surface area (Å²) in [7, 11) is 0. The van der Waals surface area contributed by atoms with Crippen molar-refractivity contribution in [1.29, 1.82) is 0 Å². The monoisotopic (exact) mass is 328 g/mol. The molecule has 24 heavy (non-hydrogen) atoms. The second kappa shape index (κ2) is 6.82. The third-order valence-corrected chi connectivity index (χ3v) is 4.55. The van der Waals surface area contributed by atoms with Crippen molar-refractivity contribution in [2.75, 3.05) is 0 Å². The van der Waals surface area contributed by atoms with Gasteiger partial charge in [0.2, 0.25) is 0 Å². The smallest absolute Gasteiger partial charge is 0.306 e. The zero-order valence-electron chi connectivity index (χ0n) is 13.5. The minimum Gasteiger partial charge on any atom is -0.481 e. The molecule has 0 radical (unpaired) electrons. The van der Waals surface area contributed by atoms with Crippen molar-refractivity contribution in [3.05, 3.63) is 42.0 Å². The van der Waals surface area contributed by atoms with E-state index in [0.29, 0.717) is 31.2 Å². The Morgan fingerprint density at radius 2 is 2.00 bits per heavy atom. The first-order valence-electron chi connectivity index (χ1n) is 8.04. The molecule has 2 N–H and O–H groups in total. The summed E-state index contributed by atoms with van der Waals surface area (Å²) in [4.78, 5) is 27.4. The van der Waals surface area contributed by atoms with Crippen LogP contribution in [0.1, 0.15) is 41.6 Å². The van der Waals surface area contributed by atoms with Gasteiger partial charge < -0.3 is 10.4 Å². The third-order valence-electron chi connectivity index (χ3n) is 4.55. The predicted octanol–water partition coefficient (Wildman–Crippen LogP) is 1.95. The minimum atomic E-state index is -0.737. The Morgan fingerprint density at radius 1 is 1.25 bits per heavy atom. The summed E-state index contributed by atoms with van der Waals surface area (Å²) in [6.45, 7) is 1.89. The number of aliphatic carboxylic acids is 1. The Balaban J connectivity index is 1.64. The highest BCUT2D eigenvalue weighted by molar-refractivity contribution is 5.96. The summed E-state index contributed by atoms with van der Waals surface area (Å²) in [5, 5.41) is 16.1. The molecule has 0 saturated heterocycles. The van der Waals surface area contributed by atoms with Crippen LogP contribution in [0.5, 0.6) is 0 Å². The van der Waals surface area contributed by atoms with E-state index in [-0.39, 0.29) is 17.9 Å². The molecule has 1 amide bonds. The largest absolute Gasteiger partial charge is 0.481 e. The van der Waals surface area contributed by atoms with Crippen molar-refractivity contribution in [2.24, 2.45) is 5.92 Å². The molecule has 1 aliphatic rings. The predicted molar refractivity (Wildman–Crippen MR) is 86.9 cm³/mol. The van der Waals surface area contributed by atoms with Crippen LogP contribution in [0.15, 0.2) is 30.9 Å². The number of aryl methyl sites for hydroxylation is 1. The van der Waals surface area contributed by atoms with Crippen LogP contribution in [-0.2, 0) is 4.79 Å². The molecule has 2 aromatic rings. The van der Waals surface area contributed by atoms with Crippen LogP contribution < -0.4 is 5.32 Å². The van der Waals surface area contributed by atoms with Gasteiger partial charge in [0.15, 0.2) is 0 Å². The van der Waals surface area contributed by atoms with E-state index in [1.807, 2.05) is 19.1 Å². The molecular formula is C17H20N4O3. The summed E-state index contributed by atoms with van der Waals surface area (Å²) in [5.74, 6) is -1.13. The quantitative estimate of drug-likeness (QED) is 0.894. The van der Waals surface area contributed by atoms with E-state index in [0.717, 1.165) is 11.3 Å². The Bertz CT molecular complexity index is 734. The van der Waals surface area contributed by atoms with Gasteiger partial charge in [0.1, 0.15) is 12.7 Å². The Labute approximate surface area is 139 Å². The second-order valence-corrected chi connectivity index (χ2v) is 6.20. The summed E-state index contributed by atoms with van der Waals surface area (Å²) in [6.07, 6.45) is 5.71. The molecule has 0 bridgehead atoms. The van der Waals surface area contributed by atoms with Gasteiger partial charge in [-0.05, 0) is 56.4 Å². The first-order valence-corrected chi connectivity index (χ1v) is 8.04. The van der Waals surface area contributed by atoms with Crippen LogP contribution in [0.2, 0.25) is 0 Å². The van der Waals surface area contributed by atoms with Crippen LogP contribution in [0.3, 0.4) is 0 Å². The van der Waals surface area contributed by atoms with Gasteiger partial charge in [0.25, 0.3) is 5.91 Å². The maximum absolute atomic E-state index is 12.5. The van der Waals surface area contributed by atoms with Crippen LogP contribution in [-0.4, -0.2) is 37.8 Å². The maximum atomic E-state index is 12.5. The Kier molecular flexibility index (Phi) is 4.59. The lowest BCUT2D eigenvalue weighted by Gasteiger charge is -2.27. The minimum absolute atomic E-state index is 0.0440. The van der Waals surface area contributed by atoms with Crippen LogP contribution in [0.25, 0.3) is 5.69 Å². The van der Waals surface area contributed by atoms with E-state index in [2.05, 4.69) is 15.4 Å². The number of nitrogens with one attached hydrogen (secondary N) is 1. The average molecular weight is 328 g/mol. The van der Waals surface area contributed by atoms with Gasteiger partial charge in [-0.3, -0.25) is 9.59 Å². The summed E-state index contributed by atoms with van der Waals surface area (Å²) < 4.78 is 1.64. The molecule has 1 saturated carbocycles. The van der Waals surface area contributed by atoms with Crippen molar-refractivity contribution >= 4 is 11.9 Å². The fraction of sp³-hybridized carbons (Fsp3) is 0.412. The van der Waals surface area contributed by atoms with Gasteiger partial charge in [0.05, 0.1) is 11.6 Å². The highest BCUT2D eigenvalue weighted by Gasteiger charge is 2.27. The molecule has 7 heteroatoms. The number of hydrogen-bond acceptors (Lipinski definition) is 4. The first-order chi connectivity index (χ1) is 11.5. The lowest BCUT2D eigenvalue weighted by molar-refractivity contribution is -0.142. The standard InChI is InChI=1S/C17H20N4O3/c1-11-8-14(21-10-18-9-19-21)6-7-15(11)16(22)20-13-4-2-12(3-5-13)17(23)24/h6-10,12-13H,2-5H2,1H3,(H,20,22)(H,23,24). The van der Waals surface area contributed by atoms with Gasteiger partial charge in [-0.2, -0.15) is 5.10 Å². The number of carboxylic acids is 1. The number of benzene rings is 1. The summed E-state index contributed by atoms with van der Waals surface area (Å²) >= 11 is 0. The van der Waals surface area contributed by atoms with E-state index in [9.17, 15) is 9.59 Å². The maximum Gasteiger partial charge on any atom is 0.306 e. The van der Waals surface area contributed by atoms with Crippen LogP contribution in [0.4, 0.5) is 0 Å². The van der Waals surface area contributed by atoms with Crippen molar-refractivity contribution < 1.29 is 14.7 Å². The van der Waals surface area contributed by atoms with Crippen molar-refractivity contribution in [1.82, 2.24) is 20.1 Å². The van der Waals surface area contributed by atoms with Gasteiger partial charge in [-0.15, -0.1) is 0 Å². The molecule has 126 valence electrons. The molecule has 7 nitrogen and oxygen atoms in total. The van der Waals surface area contributed by atoms with Gasteiger partial charge in [0, 0.05) is 11.6 Å². The second-order valence-electron chi connectivity index (χ2n) is 6.20. The van der Waals surface area contributed by atoms with Gasteiger partial charge >= 0.3 is 5.97 Å². The van der Waals surface area contributed by atoms with E-state index in [1.54, 1.807) is 17.1 Å². The molecule has 1 aromatic carbocycles. The molecule has 1 aromatic heterocycles. The molecule has 0 unspecified atom stereocenters. The average Bonchev–Trinajstić information content (AvgIpc) is 3.09. The van der Waals surface area contributed by atoms with Crippen LogP contribution in [0, 0.1) is 12.8 Å². The number of nitrogens with zero attached hydrogens (tertiary/aromatic N) is 3. The molecule has 1 heterocycles. The highest BCUT2D eigenvalue weighted by Crippen LogP contribution is 2.25. The molecule has 0 aliphatic heterocycles. The topological polar surface area (TPSA) is 97.1 Å². The Hall–Kier alpha value is -2.70. The molecule has 0 spiro atoms. The number of aromatic nitrogens is 3. The lowest BCUT2D eigenvalue weighted by Crippen LogP contribution is -2.39. The SMILES string of the molecule is Cc1cc(-n2cncn2)ccc1C(=O)NC1CCC(C(=O)O)CC1. The zero-order valence-corrected chi connectivity index (χ0v) is 13.5. The molecular weight excluding hydrogens is 308 g/mol. The molecule has 1 aliphatic carbocycles. The number of hydrogen-bond donors (Lipinski definition) is 2. The van der Waals surface area contributed by atoms with Crippen LogP contribution >= 0.6 is 0 Å². The number of carbonyl (C=O) groups is 2. The first kappa shape index (κ1) is 16.2. The van der Waals surface area contributed by atoms with E-state index in [1.165, 1.54) is 6.33 Å². The zero-order chi connectivity index (χ0) is 17.1. The Morgan fingerprint density at radius 3 is 2.58 bits per heavy atom.